The van der Waals surface area contributed by atoms with Crippen molar-refractivity contribution < 1.29 is 18.3 Å². The molecular formula is C15H20F2N2O2. The first kappa shape index (κ1) is 15.9. The molecule has 1 aliphatic rings. The molecule has 0 saturated carbocycles. The van der Waals surface area contributed by atoms with E-state index in [0.29, 0.717) is 25.1 Å². The summed E-state index contributed by atoms with van der Waals surface area (Å²) in [6.07, 6.45) is 0.690. The van der Waals surface area contributed by atoms with Gasteiger partial charge in [0.2, 0.25) is 5.91 Å². The number of ether oxygens (including phenoxy) is 1. The number of rotatable bonds is 5. The highest BCUT2D eigenvalue weighted by Crippen LogP contribution is 2.29. The molecule has 0 radical (unpaired) electrons. The first-order chi connectivity index (χ1) is 9.98. The molecule has 0 spiro atoms. The maximum absolute atomic E-state index is 13.7. The normalized spacial score (nSPS) is 21.5. The van der Waals surface area contributed by atoms with Crippen LogP contribution in [-0.4, -0.2) is 44.7 Å². The van der Waals surface area contributed by atoms with Crippen molar-refractivity contribution in [3.63, 3.8) is 0 Å². The van der Waals surface area contributed by atoms with Crippen LogP contribution in [0.5, 0.6) is 0 Å². The summed E-state index contributed by atoms with van der Waals surface area (Å²) < 4.78 is 31.8. The van der Waals surface area contributed by atoms with Crippen LogP contribution in [0, 0.1) is 17.0 Å². The van der Waals surface area contributed by atoms with Crippen LogP contribution in [0.2, 0.25) is 0 Å². The lowest BCUT2D eigenvalue weighted by Gasteiger charge is -2.31. The van der Waals surface area contributed by atoms with Crippen molar-refractivity contribution in [2.75, 3.05) is 33.9 Å². The van der Waals surface area contributed by atoms with Crippen LogP contribution in [0.4, 0.5) is 8.78 Å². The summed E-state index contributed by atoms with van der Waals surface area (Å²) in [6.45, 7) is 1.75. The van der Waals surface area contributed by atoms with E-state index in [-0.39, 0.29) is 12.5 Å². The number of nitrogens with one attached hydrogen (secondary N) is 1. The Hall–Kier alpha value is -1.53. The molecule has 2 rings (SSSR count). The molecule has 1 heterocycles. The van der Waals surface area contributed by atoms with Crippen LogP contribution >= 0.6 is 0 Å². The topological polar surface area (TPSA) is 41.6 Å². The highest BCUT2D eigenvalue weighted by atomic mass is 19.1. The smallest absolute Gasteiger partial charge is 0.232 e. The predicted molar refractivity (Wildman–Crippen MR) is 74.6 cm³/mol. The molecule has 1 aromatic rings. The minimum atomic E-state index is -0.639. The van der Waals surface area contributed by atoms with Gasteiger partial charge < -0.3 is 15.0 Å². The number of halogens is 2. The highest BCUT2D eigenvalue weighted by Gasteiger charge is 2.43. The van der Waals surface area contributed by atoms with Crippen LogP contribution in [-0.2, 0) is 16.1 Å². The second kappa shape index (κ2) is 6.49. The maximum Gasteiger partial charge on any atom is 0.232 e. The number of methoxy groups -OCH3 is 1. The molecule has 1 unspecified atom stereocenters. The van der Waals surface area contributed by atoms with Crippen molar-refractivity contribution >= 4 is 5.91 Å². The van der Waals surface area contributed by atoms with E-state index < -0.39 is 17.0 Å². The number of hydrogen-bond acceptors (Lipinski definition) is 3. The molecular weight excluding hydrogens is 278 g/mol. The van der Waals surface area contributed by atoms with Crippen LogP contribution < -0.4 is 5.32 Å². The number of carbonyl (C=O) groups excluding carboxylic acids is 1. The lowest BCUT2D eigenvalue weighted by Crippen LogP contribution is -2.46. The molecule has 0 aromatic heterocycles. The van der Waals surface area contributed by atoms with E-state index in [2.05, 4.69) is 5.32 Å². The van der Waals surface area contributed by atoms with Gasteiger partial charge in [-0.15, -0.1) is 0 Å². The first-order valence-corrected chi connectivity index (χ1v) is 6.88. The van der Waals surface area contributed by atoms with Crippen LogP contribution in [0.1, 0.15) is 12.0 Å². The van der Waals surface area contributed by atoms with Crippen LogP contribution in [0.3, 0.4) is 0 Å². The van der Waals surface area contributed by atoms with Gasteiger partial charge in [-0.3, -0.25) is 4.79 Å². The number of nitrogens with zero attached hydrogens (tertiary/aromatic N) is 1. The van der Waals surface area contributed by atoms with Gasteiger partial charge in [0.25, 0.3) is 0 Å². The van der Waals surface area contributed by atoms with Crippen molar-refractivity contribution in [1.82, 2.24) is 10.2 Å². The second-order valence-electron chi connectivity index (χ2n) is 5.54. The van der Waals surface area contributed by atoms with Crippen LogP contribution in [0.15, 0.2) is 18.2 Å². The first-order valence-electron chi connectivity index (χ1n) is 6.88. The zero-order chi connectivity index (χ0) is 15.5. The summed E-state index contributed by atoms with van der Waals surface area (Å²) in [5.41, 5.74) is -0.300. The molecule has 1 aliphatic heterocycles. The minimum Gasteiger partial charge on any atom is -0.384 e. The number of amides is 1. The number of benzene rings is 1. The SMILES string of the molecule is COCC1(C(=O)N(C)Cc2ccc(F)cc2F)CCNC1. The van der Waals surface area contributed by atoms with Crippen molar-refractivity contribution in [2.45, 2.75) is 13.0 Å². The van der Waals surface area contributed by atoms with Crippen LogP contribution in [0.25, 0.3) is 0 Å². The van der Waals surface area contributed by atoms with E-state index in [0.717, 1.165) is 12.6 Å². The Bertz CT molecular complexity index is 516. The molecule has 1 N–H and O–H groups in total. The quantitative estimate of drug-likeness (QED) is 0.897. The van der Waals surface area contributed by atoms with Gasteiger partial charge in [0.1, 0.15) is 11.6 Å². The predicted octanol–water partition coefficient (Wildman–Crippen LogP) is 1.55. The van der Waals surface area contributed by atoms with E-state index >= 15 is 0 Å². The number of carbonyl (C=O) groups is 1. The molecule has 1 atom stereocenters. The third kappa shape index (κ3) is 3.39. The van der Waals surface area contributed by atoms with Gasteiger partial charge in [0, 0.05) is 38.9 Å². The average Bonchev–Trinajstić information content (AvgIpc) is 2.91. The molecule has 0 bridgehead atoms. The summed E-state index contributed by atoms with van der Waals surface area (Å²) in [4.78, 5) is 14.1. The monoisotopic (exact) mass is 298 g/mol. The molecule has 21 heavy (non-hydrogen) atoms. The Balaban J connectivity index is 2.11. The van der Waals surface area contributed by atoms with Crippen molar-refractivity contribution in [3.05, 3.63) is 35.4 Å². The van der Waals surface area contributed by atoms with Gasteiger partial charge >= 0.3 is 0 Å². The third-order valence-corrected chi connectivity index (χ3v) is 3.89. The Labute approximate surface area is 123 Å². The zero-order valence-electron chi connectivity index (χ0n) is 12.3. The minimum absolute atomic E-state index is 0.0851. The Morgan fingerprint density at radius 2 is 2.24 bits per heavy atom. The van der Waals surface area contributed by atoms with Gasteiger partial charge in [-0.25, -0.2) is 8.78 Å². The van der Waals surface area contributed by atoms with Gasteiger partial charge in [-0.1, -0.05) is 6.07 Å². The highest BCUT2D eigenvalue weighted by molar-refractivity contribution is 5.83. The van der Waals surface area contributed by atoms with Crippen molar-refractivity contribution in [1.29, 1.82) is 0 Å². The van der Waals surface area contributed by atoms with Gasteiger partial charge in [-0.05, 0) is 19.0 Å². The molecule has 116 valence electrons. The lowest BCUT2D eigenvalue weighted by molar-refractivity contribution is -0.143. The lowest BCUT2D eigenvalue weighted by atomic mass is 9.86. The van der Waals surface area contributed by atoms with E-state index in [1.807, 2.05) is 0 Å². The molecule has 1 fully saturated rings. The van der Waals surface area contributed by atoms with Crippen molar-refractivity contribution in [3.8, 4) is 0 Å². The van der Waals surface area contributed by atoms with Crippen molar-refractivity contribution in [2.24, 2.45) is 5.41 Å². The molecule has 6 heteroatoms. The molecule has 1 saturated heterocycles. The zero-order valence-corrected chi connectivity index (χ0v) is 12.3. The largest absolute Gasteiger partial charge is 0.384 e. The van der Waals surface area contributed by atoms with Gasteiger partial charge in [-0.2, -0.15) is 0 Å². The average molecular weight is 298 g/mol. The molecule has 1 amide bonds. The van der Waals surface area contributed by atoms with Gasteiger partial charge in [0.15, 0.2) is 0 Å². The standard InChI is InChI=1S/C15H20F2N2O2/c1-19(8-11-3-4-12(16)7-13(11)17)14(20)15(10-21-2)5-6-18-9-15/h3-4,7,18H,5-6,8-10H2,1-2H3. The fourth-order valence-corrected chi connectivity index (χ4v) is 2.77. The van der Waals surface area contributed by atoms with E-state index in [4.69, 9.17) is 4.74 Å². The summed E-state index contributed by atoms with van der Waals surface area (Å²) in [5.74, 6) is -1.35. The van der Waals surface area contributed by atoms with Gasteiger partial charge in [0.05, 0.1) is 12.0 Å². The van der Waals surface area contributed by atoms with E-state index in [1.165, 1.54) is 17.0 Å². The Morgan fingerprint density at radius 3 is 2.81 bits per heavy atom. The Morgan fingerprint density at radius 1 is 1.48 bits per heavy atom. The van der Waals surface area contributed by atoms with E-state index in [9.17, 15) is 13.6 Å². The number of hydrogen-bond donors (Lipinski definition) is 1. The third-order valence-electron chi connectivity index (χ3n) is 3.89. The van der Waals surface area contributed by atoms with E-state index in [1.54, 1.807) is 14.2 Å². The molecule has 1 aromatic carbocycles. The molecule has 4 nitrogen and oxygen atoms in total. The second-order valence-corrected chi connectivity index (χ2v) is 5.54. The fourth-order valence-electron chi connectivity index (χ4n) is 2.77. The summed E-state index contributed by atoms with van der Waals surface area (Å²) >= 11 is 0. The molecule has 0 aliphatic carbocycles. The summed E-state index contributed by atoms with van der Waals surface area (Å²) in [7, 11) is 3.19. The summed E-state index contributed by atoms with van der Waals surface area (Å²) in [5, 5.41) is 3.17. The maximum atomic E-state index is 13.7. The summed E-state index contributed by atoms with van der Waals surface area (Å²) in [6, 6.07) is 3.39. The fraction of sp³-hybridized carbons (Fsp3) is 0.533. The Kier molecular flexibility index (Phi) is 4.90.